The van der Waals surface area contributed by atoms with Crippen LogP contribution in [0, 0.1) is 0 Å². The minimum atomic E-state index is -2.83. The lowest BCUT2D eigenvalue weighted by Crippen LogP contribution is -2.37. The lowest BCUT2D eigenvalue weighted by molar-refractivity contribution is -0.122. The van der Waals surface area contributed by atoms with Crippen molar-refractivity contribution < 1.29 is 18.3 Å². The number of halogens is 3. The van der Waals surface area contributed by atoms with Gasteiger partial charge in [-0.3, -0.25) is 9.69 Å². The van der Waals surface area contributed by atoms with Crippen molar-refractivity contribution in [1.29, 1.82) is 0 Å². The van der Waals surface area contributed by atoms with Crippen molar-refractivity contribution in [3.63, 3.8) is 0 Å². The molecular weight excluding hydrogens is 386 g/mol. The zero-order valence-electron chi connectivity index (χ0n) is 15.4. The highest BCUT2D eigenvalue weighted by Gasteiger charge is 2.27. The fourth-order valence-electron chi connectivity index (χ4n) is 3.53. The number of nitrogens with zero attached hydrogens (tertiary/aromatic N) is 1. The van der Waals surface area contributed by atoms with Crippen molar-refractivity contribution in [2.75, 3.05) is 19.6 Å². The Bertz CT molecular complexity index is 786. The molecule has 0 spiro atoms. The van der Waals surface area contributed by atoms with E-state index in [-0.39, 0.29) is 17.7 Å². The van der Waals surface area contributed by atoms with Gasteiger partial charge >= 0.3 is 6.61 Å². The molecule has 0 radical (unpaired) electrons. The number of nitrogens with one attached hydrogen (secondary N) is 1. The molecule has 1 aliphatic heterocycles. The van der Waals surface area contributed by atoms with Gasteiger partial charge in [0.25, 0.3) is 0 Å². The number of hydrogen-bond donors (Lipinski definition) is 1. The van der Waals surface area contributed by atoms with Crippen LogP contribution in [0.1, 0.15) is 30.0 Å². The minimum Gasteiger partial charge on any atom is -0.435 e. The van der Waals surface area contributed by atoms with Gasteiger partial charge in [0.05, 0.1) is 6.54 Å². The van der Waals surface area contributed by atoms with Crippen LogP contribution < -0.4 is 10.1 Å². The molecule has 1 N–H and O–H groups in total. The van der Waals surface area contributed by atoms with E-state index < -0.39 is 6.61 Å². The number of carbonyl (C=O) groups is 1. The Morgan fingerprint density at radius 2 is 2.04 bits per heavy atom. The Morgan fingerprint density at radius 1 is 1.25 bits per heavy atom. The molecule has 1 unspecified atom stereocenters. The van der Waals surface area contributed by atoms with Gasteiger partial charge in [-0.25, -0.2) is 0 Å². The average Bonchev–Trinajstić information content (AvgIpc) is 3.11. The summed E-state index contributed by atoms with van der Waals surface area (Å²) in [5.74, 6) is 0.107. The molecule has 1 saturated heterocycles. The molecule has 1 amide bonds. The highest BCUT2D eigenvalue weighted by molar-refractivity contribution is 6.30. The molecule has 4 nitrogen and oxygen atoms in total. The van der Waals surface area contributed by atoms with Gasteiger partial charge in [0.2, 0.25) is 5.91 Å². The first-order chi connectivity index (χ1) is 13.5. The Labute approximate surface area is 168 Å². The molecule has 1 aliphatic rings. The first-order valence-corrected chi connectivity index (χ1v) is 9.69. The van der Waals surface area contributed by atoms with E-state index >= 15 is 0 Å². The fraction of sp³-hybridized carbons (Fsp3) is 0.381. The number of amides is 1. The zero-order chi connectivity index (χ0) is 19.9. The van der Waals surface area contributed by atoms with E-state index in [1.165, 1.54) is 12.1 Å². The zero-order valence-corrected chi connectivity index (χ0v) is 16.2. The number of rotatable bonds is 8. The molecule has 2 aromatic carbocycles. The van der Waals surface area contributed by atoms with Crippen molar-refractivity contribution in [1.82, 2.24) is 10.2 Å². The molecule has 28 heavy (non-hydrogen) atoms. The van der Waals surface area contributed by atoms with Crippen molar-refractivity contribution in [3.8, 4) is 5.75 Å². The molecule has 0 saturated carbocycles. The summed E-state index contributed by atoms with van der Waals surface area (Å²) in [7, 11) is 0. The maximum atomic E-state index is 12.3. The quantitative estimate of drug-likeness (QED) is 0.702. The van der Waals surface area contributed by atoms with Crippen LogP contribution in [0.5, 0.6) is 5.75 Å². The Hall–Kier alpha value is -2.18. The summed E-state index contributed by atoms with van der Waals surface area (Å²) in [6.07, 6.45) is 2.69. The molecule has 0 aromatic heterocycles. The molecule has 3 rings (SSSR count). The summed E-state index contributed by atoms with van der Waals surface area (Å²) in [6, 6.07) is 14.5. The standard InChI is InChI=1S/C21H23ClF2N2O2/c22-17-4-1-3-16(13-17)19-5-2-12-26(19)14-20(27)25-11-10-15-6-8-18(9-7-15)28-21(23)24/h1,3-4,6-9,13,19,21H,2,5,10-12,14H2,(H,25,27). The number of alkyl halides is 2. The summed E-state index contributed by atoms with van der Waals surface area (Å²) in [4.78, 5) is 14.5. The molecule has 1 heterocycles. The van der Waals surface area contributed by atoms with Gasteiger partial charge in [0.15, 0.2) is 0 Å². The summed E-state index contributed by atoms with van der Waals surface area (Å²) >= 11 is 6.10. The largest absolute Gasteiger partial charge is 0.435 e. The van der Waals surface area contributed by atoms with Crippen LogP contribution in [0.25, 0.3) is 0 Å². The highest BCUT2D eigenvalue weighted by Crippen LogP contribution is 2.32. The second kappa shape index (κ2) is 9.85. The number of carbonyl (C=O) groups excluding carboxylic acids is 1. The molecule has 0 aliphatic carbocycles. The van der Waals surface area contributed by atoms with Crippen molar-refractivity contribution >= 4 is 17.5 Å². The summed E-state index contributed by atoms with van der Waals surface area (Å²) in [5, 5.41) is 3.64. The van der Waals surface area contributed by atoms with Crippen LogP contribution in [0.4, 0.5) is 8.78 Å². The molecular formula is C21H23ClF2N2O2. The van der Waals surface area contributed by atoms with E-state index in [0.717, 1.165) is 30.5 Å². The predicted octanol–water partition coefficient (Wildman–Crippen LogP) is 4.44. The number of benzene rings is 2. The predicted molar refractivity (Wildman–Crippen MR) is 105 cm³/mol. The molecule has 0 bridgehead atoms. The molecule has 1 atom stereocenters. The van der Waals surface area contributed by atoms with Crippen LogP contribution in [0.3, 0.4) is 0 Å². The maximum absolute atomic E-state index is 12.3. The maximum Gasteiger partial charge on any atom is 0.387 e. The van der Waals surface area contributed by atoms with Crippen molar-refractivity contribution in [2.24, 2.45) is 0 Å². The Kier molecular flexibility index (Phi) is 7.23. The van der Waals surface area contributed by atoms with E-state index in [2.05, 4.69) is 15.0 Å². The number of likely N-dealkylation sites (tertiary alicyclic amines) is 1. The Morgan fingerprint density at radius 3 is 2.75 bits per heavy atom. The average molecular weight is 409 g/mol. The molecule has 2 aromatic rings. The van der Waals surface area contributed by atoms with E-state index in [1.807, 2.05) is 24.3 Å². The van der Waals surface area contributed by atoms with Crippen LogP contribution in [-0.4, -0.2) is 37.1 Å². The molecule has 150 valence electrons. The van der Waals surface area contributed by atoms with E-state index in [0.29, 0.717) is 24.5 Å². The number of ether oxygens (including phenoxy) is 1. The topological polar surface area (TPSA) is 41.6 Å². The van der Waals surface area contributed by atoms with Gasteiger partial charge in [0.1, 0.15) is 5.75 Å². The van der Waals surface area contributed by atoms with Crippen molar-refractivity contribution in [3.05, 3.63) is 64.7 Å². The van der Waals surface area contributed by atoms with Gasteiger partial charge < -0.3 is 10.1 Å². The first kappa shape index (κ1) is 20.6. The van der Waals surface area contributed by atoms with Gasteiger partial charge in [-0.1, -0.05) is 35.9 Å². The second-order valence-electron chi connectivity index (χ2n) is 6.81. The van der Waals surface area contributed by atoms with Crippen LogP contribution in [-0.2, 0) is 11.2 Å². The van der Waals surface area contributed by atoms with Gasteiger partial charge in [-0.15, -0.1) is 0 Å². The van der Waals surface area contributed by atoms with Gasteiger partial charge in [0, 0.05) is 17.6 Å². The SMILES string of the molecule is O=C(CN1CCCC1c1cccc(Cl)c1)NCCc1ccc(OC(F)F)cc1. The smallest absolute Gasteiger partial charge is 0.387 e. The first-order valence-electron chi connectivity index (χ1n) is 9.31. The second-order valence-corrected chi connectivity index (χ2v) is 7.24. The third-order valence-corrected chi connectivity index (χ3v) is 5.06. The summed E-state index contributed by atoms with van der Waals surface area (Å²) < 4.78 is 28.6. The monoisotopic (exact) mass is 408 g/mol. The van der Waals surface area contributed by atoms with Crippen molar-refractivity contribution in [2.45, 2.75) is 31.9 Å². The Balaban J connectivity index is 1.45. The summed E-state index contributed by atoms with van der Waals surface area (Å²) in [6.45, 7) is -1.11. The van der Waals surface area contributed by atoms with E-state index in [9.17, 15) is 13.6 Å². The van der Waals surface area contributed by atoms with Crippen LogP contribution >= 0.6 is 11.6 Å². The third-order valence-electron chi connectivity index (χ3n) is 4.83. The van der Waals surface area contributed by atoms with Gasteiger partial charge in [-0.2, -0.15) is 8.78 Å². The summed E-state index contributed by atoms with van der Waals surface area (Å²) in [5.41, 5.74) is 2.09. The van der Waals surface area contributed by atoms with E-state index in [4.69, 9.17) is 11.6 Å². The third kappa shape index (κ3) is 5.91. The number of hydrogen-bond acceptors (Lipinski definition) is 3. The fourth-order valence-corrected chi connectivity index (χ4v) is 3.73. The normalized spacial score (nSPS) is 17.1. The van der Waals surface area contributed by atoms with Gasteiger partial charge in [-0.05, 0) is 61.2 Å². The van der Waals surface area contributed by atoms with Crippen LogP contribution in [0.2, 0.25) is 5.02 Å². The highest BCUT2D eigenvalue weighted by atomic mass is 35.5. The lowest BCUT2D eigenvalue weighted by atomic mass is 10.0. The minimum absolute atomic E-state index is 0.0217. The van der Waals surface area contributed by atoms with E-state index in [1.54, 1.807) is 12.1 Å². The lowest BCUT2D eigenvalue weighted by Gasteiger charge is -2.24. The molecule has 7 heteroatoms. The van der Waals surface area contributed by atoms with Crippen LogP contribution in [0.15, 0.2) is 48.5 Å². The molecule has 1 fully saturated rings.